The molecule has 2 nitrogen and oxygen atoms in total. The van der Waals surface area contributed by atoms with Crippen LogP contribution < -0.4 is 5.73 Å². The number of rotatable bonds is 2. The van der Waals surface area contributed by atoms with Gasteiger partial charge in [-0.3, -0.25) is 4.98 Å². The Labute approximate surface area is 61.1 Å². The predicted molar refractivity (Wildman–Crippen MR) is 41.5 cm³/mol. The number of hydrogen-bond acceptors (Lipinski definition) is 2. The Hall–Kier alpha value is -0.890. The van der Waals surface area contributed by atoms with Crippen LogP contribution in [0.25, 0.3) is 0 Å². The van der Waals surface area contributed by atoms with Crippen LogP contribution in [-0.4, -0.2) is 4.98 Å². The lowest BCUT2D eigenvalue weighted by molar-refractivity contribution is 0.989. The first kappa shape index (κ1) is 7.22. The molecule has 0 aromatic carbocycles. The van der Waals surface area contributed by atoms with Gasteiger partial charge in [0.1, 0.15) is 0 Å². The fourth-order valence-corrected chi connectivity index (χ4v) is 0.785. The molecule has 0 spiro atoms. The molecule has 1 aromatic heterocycles. The van der Waals surface area contributed by atoms with Crippen molar-refractivity contribution < 1.29 is 0 Å². The van der Waals surface area contributed by atoms with Gasteiger partial charge < -0.3 is 5.73 Å². The van der Waals surface area contributed by atoms with Gasteiger partial charge in [0.25, 0.3) is 0 Å². The first-order valence-corrected chi connectivity index (χ1v) is 3.50. The summed E-state index contributed by atoms with van der Waals surface area (Å²) in [5, 5.41) is 0. The summed E-state index contributed by atoms with van der Waals surface area (Å²) in [6, 6.07) is 4.04. The van der Waals surface area contributed by atoms with E-state index in [0.717, 1.165) is 17.7 Å². The number of pyridine rings is 1. The van der Waals surface area contributed by atoms with Crippen molar-refractivity contribution in [2.24, 2.45) is 5.73 Å². The van der Waals surface area contributed by atoms with Gasteiger partial charge in [0.15, 0.2) is 0 Å². The van der Waals surface area contributed by atoms with E-state index in [2.05, 4.69) is 11.9 Å². The van der Waals surface area contributed by atoms with E-state index in [0.29, 0.717) is 6.54 Å². The number of aryl methyl sites for hydroxylation is 1. The van der Waals surface area contributed by atoms with E-state index in [9.17, 15) is 0 Å². The van der Waals surface area contributed by atoms with Crippen molar-refractivity contribution in [2.45, 2.75) is 19.9 Å². The third kappa shape index (κ3) is 1.54. The van der Waals surface area contributed by atoms with Gasteiger partial charge in [-0.25, -0.2) is 0 Å². The maximum Gasteiger partial charge on any atom is 0.0401 e. The number of hydrogen-bond donors (Lipinski definition) is 1. The molecule has 1 heterocycles. The molecule has 0 fully saturated rings. The standard InChI is InChI=1S/C8H12N2/c1-2-8-4-3-7(5-9)6-10-8/h3-4,6H,2,5,9H2,1H3. The Morgan fingerprint density at radius 2 is 2.30 bits per heavy atom. The molecule has 2 heteroatoms. The number of nitrogens with zero attached hydrogens (tertiary/aromatic N) is 1. The van der Waals surface area contributed by atoms with Gasteiger partial charge in [-0.15, -0.1) is 0 Å². The lowest BCUT2D eigenvalue weighted by Gasteiger charge is -1.96. The summed E-state index contributed by atoms with van der Waals surface area (Å²) in [6.07, 6.45) is 2.82. The average molecular weight is 136 g/mol. The Balaban J connectivity index is 2.80. The van der Waals surface area contributed by atoms with Crippen LogP contribution in [0.15, 0.2) is 18.3 Å². The van der Waals surface area contributed by atoms with Crippen LogP contribution >= 0.6 is 0 Å². The second-order valence-corrected chi connectivity index (χ2v) is 2.22. The highest BCUT2D eigenvalue weighted by Gasteiger charge is 1.89. The molecule has 0 amide bonds. The zero-order valence-corrected chi connectivity index (χ0v) is 6.17. The fraction of sp³-hybridized carbons (Fsp3) is 0.375. The quantitative estimate of drug-likeness (QED) is 0.661. The second-order valence-electron chi connectivity index (χ2n) is 2.22. The summed E-state index contributed by atoms with van der Waals surface area (Å²) in [4.78, 5) is 4.19. The molecule has 0 aliphatic carbocycles. The van der Waals surface area contributed by atoms with Gasteiger partial charge in [0.05, 0.1) is 0 Å². The molecule has 0 unspecified atom stereocenters. The maximum atomic E-state index is 5.40. The molecule has 0 aliphatic heterocycles. The van der Waals surface area contributed by atoms with E-state index < -0.39 is 0 Å². The normalized spacial score (nSPS) is 9.80. The third-order valence-electron chi connectivity index (χ3n) is 1.48. The van der Waals surface area contributed by atoms with Crippen LogP contribution in [0.2, 0.25) is 0 Å². The summed E-state index contributed by atoms with van der Waals surface area (Å²) < 4.78 is 0. The molecule has 0 bridgehead atoms. The minimum Gasteiger partial charge on any atom is -0.326 e. The minimum absolute atomic E-state index is 0.580. The lowest BCUT2D eigenvalue weighted by Crippen LogP contribution is -1.97. The van der Waals surface area contributed by atoms with E-state index in [1.807, 2.05) is 18.3 Å². The third-order valence-corrected chi connectivity index (χ3v) is 1.48. The second kappa shape index (κ2) is 3.32. The Bertz CT molecular complexity index is 168. The van der Waals surface area contributed by atoms with Crippen molar-refractivity contribution in [3.05, 3.63) is 29.6 Å². The molecule has 0 atom stereocenters. The van der Waals surface area contributed by atoms with Crippen molar-refractivity contribution in [3.8, 4) is 0 Å². The highest BCUT2D eigenvalue weighted by atomic mass is 14.7. The summed E-state index contributed by atoms with van der Waals surface area (Å²) in [7, 11) is 0. The molecule has 0 saturated carbocycles. The fourth-order valence-electron chi connectivity index (χ4n) is 0.785. The molecule has 10 heavy (non-hydrogen) atoms. The lowest BCUT2D eigenvalue weighted by atomic mass is 10.2. The minimum atomic E-state index is 0.580. The van der Waals surface area contributed by atoms with Crippen molar-refractivity contribution in [1.82, 2.24) is 4.98 Å². The van der Waals surface area contributed by atoms with E-state index in [4.69, 9.17) is 5.73 Å². The largest absolute Gasteiger partial charge is 0.326 e. The van der Waals surface area contributed by atoms with E-state index in [1.165, 1.54) is 0 Å². The zero-order chi connectivity index (χ0) is 7.40. The summed E-state index contributed by atoms with van der Waals surface area (Å²) in [5.74, 6) is 0. The Kier molecular flexibility index (Phi) is 2.40. The Morgan fingerprint density at radius 1 is 1.50 bits per heavy atom. The molecule has 1 aromatic rings. The molecule has 0 aliphatic rings. The first-order chi connectivity index (χ1) is 4.86. The molecule has 2 N–H and O–H groups in total. The van der Waals surface area contributed by atoms with Crippen molar-refractivity contribution >= 4 is 0 Å². The summed E-state index contributed by atoms with van der Waals surface area (Å²) in [6.45, 7) is 2.67. The van der Waals surface area contributed by atoms with Crippen LogP contribution in [0.1, 0.15) is 18.2 Å². The van der Waals surface area contributed by atoms with E-state index >= 15 is 0 Å². The smallest absolute Gasteiger partial charge is 0.0401 e. The van der Waals surface area contributed by atoms with Crippen LogP contribution in [0, 0.1) is 0 Å². The van der Waals surface area contributed by atoms with Gasteiger partial charge in [0, 0.05) is 18.4 Å². The molecular weight excluding hydrogens is 124 g/mol. The molecule has 0 radical (unpaired) electrons. The molecule has 54 valence electrons. The molecular formula is C8H12N2. The number of aromatic nitrogens is 1. The van der Waals surface area contributed by atoms with Gasteiger partial charge in [-0.2, -0.15) is 0 Å². The SMILES string of the molecule is CCc1ccc(CN)cn1. The van der Waals surface area contributed by atoms with Gasteiger partial charge >= 0.3 is 0 Å². The van der Waals surface area contributed by atoms with Gasteiger partial charge in [-0.05, 0) is 18.1 Å². The molecule has 0 saturated heterocycles. The van der Waals surface area contributed by atoms with Crippen LogP contribution in [0.4, 0.5) is 0 Å². The van der Waals surface area contributed by atoms with E-state index in [-0.39, 0.29) is 0 Å². The molecule has 1 rings (SSSR count). The van der Waals surface area contributed by atoms with E-state index in [1.54, 1.807) is 0 Å². The van der Waals surface area contributed by atoms with Gasteiger partial charge in [0.2, 0.25) is 0 Å². The van der Waals surface area contributed by atoms with Crippen LogP contribution in [-0.2, 0) is 13.0 Å². The summed E-state index contributed by atoms with van der Waals surface area (Å²) >= 11 is 0. The predicted octanol–water partition coefficient (Wildman–Crippen LogP) is 1.10. The highest BCUT2D eigenvalue weighted by Crippen LogP contribution is 1.98. The van der Waals surface area contributed by atoms with Crippen molar-refractivity contribution in [3.63, 3.8) is 0 Å². The van der Waals surface area contributed by atoms with Crippen LogP contribution in [0.3, 0.4) is 0 Å². The zero-order valence-electron chi connectivity index (χ0n) is 6.17. The number of nitrogens with two attached hydrogens (primary N) is 1. The maximum absolute atomic E-state index is 5.40. The monoisotopic (exact) mass is 136 g/mol. The Morgan fingerprint density at radius 3 is 2.70 bits per heavy atom. The van der Waals surface area contributed by atoms with Gasteiger partial charge in [-0.1, -0.05) is 13.0 Å². The van der Waals surface area contributed by atoms with Crippen molar-refractivity contribution in [2.75, 3.05) is 0 Å². The summed E-state index contributed by atoms with van der Waals surface area (Å²) in [5.41, 5.74) is 7.62. The highest BCUT2D eigenvalue weighted by molar-refractivity contribution is 5.13. The topological polar surface area (TPSA) is 38.9 Å². The van der Waals surface area contributed by atoms with Crippen molar-refractivity contribution in [1.29, 1.82) is 0 Å². The van der Waals surface area contributed by atoms with Crippen LogP contribution in [0.5, 0.6) is 0 Å². The first-order valence-electron chi connectivity index (χ1n) is 3.50. The average Bonchev–Trinajstić information content (AvgIpc) is 2.05.